The van der Waals surface area contributed by atoms with Crippen molar-refractivity contribution in [3.05, 3.63) is 11.7 Å². The minimum Gasteiger partial charge on any atom is -0.354 e. The molecule has 2 aromatic rings. The van der Waals surface area contributed by atoms with Crippen LogP contribution in [0.5, 0.6) is 0 Å². The van der Waals surface area contributed by atoms with Crippen molar-refractivity contribution in [2.45, 2.75) is 43.5 Å². The van der Waals surface area contributed by atoms with E-state index in [0.717, 1.165) is 18.7 Å². The molecule has 0 bridgehead atoms. The Morgan fingerprint density at radius 2 is 2.14 bits per heavy atom. The number of nitrogens with zero attached hydrogens (tertiary/aromatic N) is 6. The summed E-state index contributed by atoms with van der Waals surface area (Å²) in [6, 6.07) is 0. The van der Waals surface area contributed by atoms with Crippen LogP contribution in [0, 0.1) is 0 Å². The Morgan fingerprint density at radius 1 is 1.33 bits per heavy atom. The average Bonchev–Trinajstić information content (AvgIpc) is 3.12. The van der Waals surface area contributed by atoms with E-state index >= 15 is 0 Å². The number of thioether (sulfide) groups is 1. The lowest BCUT2D eigenvalue weighted by Gasteiger charge is -2.13. The van der Waals surface area contributed by atoms with Gasteiger partial charge in [0.1, 0.15) is 0 Å². The Kier molecular flexibility index (Phi) is 6.08. The Bertz CT molecular complexity index is 542. The molecule has 0 spiro atoms. The van der Waals surface area contributed by atoms with Gasteiger partial charge in [-0.15, -0.1) is 5.10 Å². The van der Waals surface area contributed by atoms with E-state index in [0.29, 0.717) is 23.3 Å². The number of aryl methyl sites for hydroxylation is 1. The van der Waals surface area contributed by atoms with Crippen molar-refractivity contribution in [2.24, 2.45) is 0 Å². The van der Waals surface area contributed by atoms with Gasteiger partial charge in [0.2, 0.25) is 11.0 Å². The second-order valence-electron chi connectivity index (χ2n) is 4.19. The quantitative estimate of drug-likeness (QED) is 0.494. The average molecular weight is 314 g/mol. The largest absolute Gasteiger partial charge is 0.354 e. The number of tetrazole rings is 1. The molecule has 0 aliphatic carbocycles. The molecule has 9 nitrogen and oxygen atoms in total. The van der Waals surface area contributed by atoms with Crippen molar-refractivity contribution in [1.29, 1.82) is 0 Å². The van der Waals surface area contributed by atoms with Gasteiger partial charge in [0.15, 0.2) is 12.1 Å². The molecular formula is C11H18N6O3S. The summed E-state index contributed by atoms with van der Waals surface area (Å²) in [5.74, 6) is 1.81. The first-order chi connectivity index (χ1) is 10.3. The summed E-state index contributed by atoms with van der Waals surface area (Å²) < 4.78 is 17.1. The first-order valence-corrected chi connectivity index (χ1v) is 7.51. The summed E-state index contributed by atoms with van der Waals surface area (Å²) in [6.07, 6.45) is 1.40. The van der Waals surface area contributed by atoms with Crippen LogP contribution in [-0.2, 0) is 28.2 Å². The second-order valence-corrected chi connectivity index (χ2v) is 5.13. The number of hydrogen-bond donors (Lipinski definition) is 0. The summed E-state index contributed by atoms with van der Waals surface area (Å²) in [7, 11) is 3.14. The summed E-state index contributed by atoms with van der Waals surface area (Å²) in [4.78, 5) is 4.30. The van der Waals surface area contributed by atoms with Gasteiger partial charge in [-0.25, -0.2) is 4.68 Å². The second kappa shape index (κ2) is 8.05. The third kappa shape index (κ3) is 4.48. The van der Waals surface area contributed by atoms with E-state index in [1.54, 1.807) is 18.9 Å². The van der Waals surface area contributed by atoms with Crippen LogP contribution < -0.4 is 0 Å². The van der Waals surface area contributed by atoms with Gasteiger partial charge in [-0.1, -0.05) is 23.8 Å². The number of ether oxygens (including phenoxy) is 2. The predicted molar refractivity (Wildman–Crippen MR) is 73.5 cm³/mol. The Labute approximate surface area is 126 Å². The predicted octanol–water partition coefficient (Wildman–Crippen LogP) is 0.920. The maximum absolute atomic E-state index is 5.17. The number of methoxy groups -OCH3 is 2. The smallest absolute Gasteiger partial charge is 0.237 e. The Hall–Kier alpha value is -1.52. The summed E-state index contributed by atoms with van der Waals surface area (Å²) in [5, 5.41) is 16.1. The van der Waals surface area contributed by atoms with Crippen LogP contribution in [0.2, 0.25) is 0 Å². The van der Waals surface area contributed by atoms with Gasteiger partial charge in [0, 0.05) is 20.6 Å². The standard InChI is InChI=1S/C11H18N6O3S/c1-4-5-8-12-9(20-14-8)7-21-11-13-15-16-17(11)6-10(18-2)19-3/h10H,4-7H2,1-3H3. The zero-order chi connectivity index (χ0) is 15.1. The molecule has 0 aliphatic heterocycles. The molecule has 0 fully saturated rings. The van der Waals surface area contributed by atoms with E-state index in [4.69, 9.17) is 14.0 Å². The molecule has 2 rings (SSSR count). The van der Waals surface area contributed by atoms with Crippen molar-refractivity contribution in [3.8, 4) is 0 Å². The molecule has 2 aromatic heterocycles. The molecule has 0 radical (unpaired) electrons. The molecule has 0 saturated heterocycles. The number of rotatable bonds is 9. The van der Waals surface area contributed by atoms with Crippen LogP contribution >= 0.6 is 11.8 Å². The number of aromatic nitrogens is 6. The van der Waals surface area contributed by atoms with E-state index in [-0.39, 0.29) is 0 Å². The highest BCUT2D eigenvalue weighted by atomic mass is 32.2. The Balaban J connectivity index is 1.92. The molecule has 116 valence electrons. The van der Waals surface area contributed by atoms with Crippen LogP contribution in [0.15, 0.2) is 9.68 Å². The molecule has 10 heteroatoms. The molecule has 0 aromatic carbocycles. The summed E-state index contributed by atoms with van der Waals surface area (Å²) >= 11 is 1.42. The van der Waals surface area contributed by atoms with Gasteiger partial charge in [0.25, 0.3) is 0 Å². The zero-order valence-corrected chi connectivity index (χ0v) is 13.0. The molecule has 0 atom stereocenters. The van der Waals surface area contributed by atoms with Crippen LogP contribution in [0.4, 0.5) is 0 Å². The third-order valence-electron chi connectivity index (χ3n) is 2.66. The summed E-state index contributed by atoms with van der Waals surface area (Å²) in [6.45, 7) is 2.48. The number of hydrogen-bond acceptors (Lipinski definition) is 9. The maximum Gasteiger partial charge on any atom is 0.237 e. The molecular weight excluding hydrogens is 296 g/mol. The molecule has 2 heterocycles. The minimum absolute atomic E-state index is 0.396. The molecule has 21 heavy (non-hydrogen) atoms. The fraction of sp³-hybridized carbons (Fsp3) is 0.727. The lowest BCUT2D eigenvalue weighted by atomic mass is 10.3. The molecule has 0 amide bonds. The SMILES string of the molecule is CCCc1noc(CSc2nnnn2CC(OC)OC)n1. The van der Waals surface area contributed by atoms with Crippen LogP contribution in [0.3, 0.4) is 0 Å². The lowest BCUT2D eigenvalue weighted by molar-refractivity contribution is -0.113. The van der Waals surface area contributed by atoms with E-state index in [9.17, 15) is 0 Å². The first kappa shape index (κ1) is 15.9. The molecule has 0 N–H and O–H groups in total. The fourth-order valence-corrected chi connectivity index (χ4v) is 2.33. The summed E-state index contributed by atoms with van der Waals surface area (Å²) in [5.41, 5.74) is 0. The highest BCUT2D eigenvalue weighted by Gasteiger charge is 2.14. The van der Waals surface area contributed by atoms with Crippen LogP contribution in [-0.4, -0.2) is 50.9 Å². The molecule has 0 aliphatic rings. The zero-order valence-electron chi connectivity index (χ0n) is 12.2. The normalized spacial score (nSPS) is 11.4. The maximum atomic E-state index is 5.17. The van der Waals surface area contributed by atoms with Crippen LogP contribution in [0.25, 0.3) is 0 Å². The van der Waals surface area contributed by atoms with E-state index in [1.165, 1.54) is 11.8 Å². The monoisotopic (exact) mass is 314 g/mol. The van der Waals surface area contributed by atoms with Crippen molar-refractivity contribution < 1.29 is 14.0 Å². The molecule has 0 saturated carbocycles. The minimum atomic E-state index is -0.396. The van der Waals surface area contributed by atoms with Crippen LogP contribution in [0.1, 0.15) is 25.1 Å². The third-order valence-corrected chi connectivity index (χ3v) is 3.60. The van der Waals surface area contributed by atoms with Crippen molar-refractivity contribution in [1.82, 2.24) is 30.3 Å². The van der Waals surface area contributed by atoms with Gasteiger partial charge >= 0.3 is 0 Å². The van der Waals surface area contributed by atoms with Crippen molar-refractivity contribution >= 4 is 11.8 Å². The van der Waals surface area contributed by atoms with Gasteiger partial charge in [-0.2, -0.15) is 4.98 Å². The van der Waals surface area contributed by atoms with Gasteiger partial charge < -0.3 is 14.0 Å². The fourth-order valence-electron chi connectivity index (χ4n) is 1.60. The lowest BCUT2D eigenvalue weighted by Crippen LogP contribution is -2.21. The van der Waals surface area contributed by atoms with E-state index < -0.39 is 6.29 Å². The molecule has 0 unspecified atom stereocenters. The highest BCUT2D eigenvalue weighted by Crippen LogP contribution is 2.19. The topological polar surface area (TPSA) is 101 Å². The van der Waals surface area contributed by atoms with E-state index in [1.807, 2.05) is 0 Å². The Morgan fingerprint density at radius 3 is 2.86 bits per heavy atom. The first-order valence-electron chi connectivity index (χ1n) is 6.52. The van der Waals surface area contributed by atoms with Gasteiger partial charge in [-0.05, 0) is 16.8 Å². The van der Waals surface area contributed by atoms with E-state index in [2.05, 4.69) is 32.6 Å². The highest BCUT2D eigenvalue weighted by molar-refractivity contribution is 7.98. The van der Waals surface area contributed by atoms with Gasteiger partial charge in [-0.3, -0.25) is 0 Å². The van der Waals surface area contributed by atoms with Crippen molar-refractivity contribution in [3.63, 3.8) is 0 Å². The van der Waals surface area contributed by atoms with Gasteiger partial charge in [0.05, 0.1) is 12.3 Å². The van der Waals surface area contributed by atoms with Crippen molar-refractivity contribution in [2.75, 3.05) is 14.2 Å².